The number of hydrogen-bond donors (Lipinski definition) is 0. The smallest absolute Gasteiger partial charge is 0.0918 e. The Morgan fingerprint density at radius 3 is 1.52 bits per heavy atom. The second-order valence-corrected chi connectivity index (χ2v) is 5.46. The average Bonchev–Trinajstić information content (AvgIpc) is 2.62. The Morgan fingerprint density at radius 2 is 1.04 bits per heavy atom. The molecule has 2 heteroatoms. The molecule has 0 aliphatic rings. The summed E-state index contributed by atoms with van der Waals surface area (Å²) in [7, 11) is 0. The van der Waals surface area contributed by atoms with Crippen LogP contribution in [-0.4, -0.2) is 11.2 Å². The standard InChI is InChI=1S/C21H20N2/c1-4-10-19(11-5-1)16-23(17-20-12-6-2-7-13-20)18-22-21-14-8-3-9-15-21/h1-15,18H,16-17H2. The molecule has 0 atom stereocenters. The van der Waals surface area contributed by atoms with Gasteiger partial charge in [-0.2, -0.15) is 0 Å². The first kappa shape index (κ1) is 15.0. The Morgan fingerprint density at radius 1 is 0.609 bits per heavy atom. The van der Waals surface area contributed by atoms with E-state index in [0.717, 1.165) is 18.8 Å². The lowest BCUT2D eigenvalue weighted by atomic mass is 10.2. The van der Waals surface area contributed by atoms with Crippen molar-refractivity contribution in [1.82, 2.24) is 4.90 Å². The molecule has 0 spiro atoms. The maximum Gasteiger partial charge on any atom is 0.0918 e. The zero-order valence-corrected chi connectivity index (χ0v) is 13.0. The highest BCUT2D eigenvalue weighted by molar-refractivity contribution is 5.61. The van der Waals surface area contributed by atoms with E-state index in [0.29, 0.717) is 0 Å². The van der Waals surface area contributed by atoms with Crippen molar-refractivity contribution in [3.63, 3.8) is 0 Å². The van der Waals surface area contributed by atoms with Gasteiger partial charge in [-0.05, 0) is 23.3 Å². The fraction of sp³-hybridized carbons (Fsp3) is 0.0952. The second-order valence-electron chi connectivity index (χ2n) is 5.46. The summed E-state index contributed by atoms with van der Waals surface area (Å²) in [4.78, 5) is 6.83. The predicted octanol–water partition coefficient (Wildman–Crippen LogP) is 5.05. The van der Waals surface area contributed by atoms with Gasteiger partial charge in [-0.3, -0.25) is 0 Å². The van der Waals surface area contributed by atoms with Crippen molar-refractivity contribution in [2.75, 3.05) is 0 Å². The Bertz CT molecular complexity index is 680. The van der Waals surface area contributed by atoms with E-state index < -0.39 is 0 Å². The van der Waals surface area contributed by atoms with Gasteiger partial charge < -0.3 is 4.90 Å². The molecular formula is C21H20N2. The molecule has 2 nitrogen and oxygen atoms in total. The van der Waals surface area contributed by atoms with E-state index in [-0.39, 0.29) is 0 Å². The van der Waals surface area contributed by atoms with E-state index in [1.165, 1.54) is 11.1 Å². The van der Waals surface area contributed by atoms with Gasteiger partial charge in [0.25, 0.3) is 0 Å². The van der Waals surface area contributed by atoms with E-state index >= 15 is 0 Å². The minimum atomic E-state index is 0.839. The number of hydrogen-bond acceptors (Lipinski definition) is 1. The Hall–Kier alpha value is -2.87. The minimum absolute atomic E-state index is 0.839. The summed E-state index contributed by atoms with van der Waals surface area (Å²) in [5.41, 5.74) is 3.53. The zero-order valence-electron chi connectivity index (χ0n) is 13.0. The molecule has 0 amide bonds. The van der Waals surface area contributed by atoms with Crippen molar-refractivity contribution in [3.8, 4) is 0 Å². The van der Waals surface area contributed by atoms with E-state index in [9.17, 15) is 0 Å². The first-order chi connectivity index (χ1) is 11.4. The normalized spacial score (nSPS) is 10.8. The molecule has 0 aromatic heterocycles. The third-order valence-corrected chi connectivity index (χ3v) is 3.58. The average molecular weight is 300 g/mol. The van der Waals surface area contributed by atoms with Gasteiger partial charge in [-0.25, -0.2) is 4.99 Å². The lowest BCUT2D eigenvalue weighted by Crippen LogP contribution is -2.20. The maximum absolute atomic E-state index is 4.60. The molecule has 0 N–H and O–H groups in total. The van der Waals surface area contributed by atoms with Crippen LogP contribution in [0.1, 0.15) is 11.1 Å². The molecule has 0 saturated carbocycles. The fourth-order valence-electron chi connectivity index (χ4n) is 2.44. The highest BCUT2D eigenvalue weighted by Crippen LogP contribution is 2.12. The van der Waals surface area contributed by atoms with Gasteiger partial charge in [-0.1, -0.05) is 78.9 Å². The summed E-state index contributed by atoms with van der Waals surface area (Å²) in [5.74, 6) is 0. The molecule has 0 aliphatic heterocycles. The van der Waals surface area contributed by atoms with E-state index in [1.54, 1.807) is 0 Å². The summed E-state index contributed by atoms with van der Waals surface area (Å²) in [6.45, 7) is 1.68. The van der Waals surface area contributed by atoms with Gasteiger partial charge in [-0.15, -0.1) is 0 Å². The van der Waals surface area contributed by atoms with Gasteiger partial charge in [0.2, 0.25) is 0 Å². The quantitative estimate of drug-likeness (QED) is 0.459. The highest BCUT2D eigenvalue weighted by atomic mass is 15.1. The van der Waals surface area contributed by atoms with Gasteiger partial charge in [0, 0.05) is 13.1 Å². The monoisotopic (exact) mass is 300 g/mol. The molecule has 0 unspecified atom stereocenters. The third kappa shape index (κ3) is 4.82. The van der Waals surface area contributed by atoms with Crippen molar-refractivity contribution in [2.24, 2.45) is 4.99 Å². The van der Waals surface area contributed by atoms with Crippen molar-refractivity contribution in [1.29, 1.82) is 0 Å². The van der Waals surface area contributed by atoms with Crippen LogP contribution in [0.25, 0.3) is 0 Å². The number of benzene rings is 3. The Balaban J connectivity index is 1.76. The molecule has 3 aromatic carbocycles. The van der Waals surface area contributed by atoms with Crippen LogP contribution >= 0.6 is 0 Å². The van der Waals surface area contributed by atoms with Crippen molar-refractivity contribution >= 4 is 12.0 Å². The molecule has 0 heterocycles. The minimum Gasteiger partial charge on any atom is -0.354 e. The lowest BCUT2D eigenvalue weighted by molar-refractivity contribution is 0.419. The van der Waals surface area contributed by atoms with Crippen LogP contribution in [-0.2, 0) is 13.1 Å². The van der Waals surface area contributed by atoms with Crippen LogP contribution in [0.2, 0.25) is 0 Å². The van der Waals surface area contributed by atoms with Crippen molar-refractivity contribution < 1.29 is 0 Å². The van der Waals surface area contributed by atoms with Gasteiger partial charge >= 0.3 is 0 Å². The molecule has 0 fully saturated rings. The lowest BCUT2D eigenvalue weighted by Gasteiger charge is -2.20. The van der Waals surface area contributed by atoms with Gasteiger partial charge in [0.1, 0.15) is 0 Å². The van der Waals surface area contributed by atoms with Gasteiger partial charge in [0.15, 0.2) is 0 Å². The summed E-state index contributed by atoms with van der Waals surface area (Å²) in [6.07, 6.45) is 1.94. The summed E-state index contributed by atoms with van der Waals surface area (Å²) >= 11 is 0. The first-order valence-corrected chi connectivity index (χ1v) is 7.81. The summed E-state index contributed by atoms with van der Waals surface area (Å²) < 4.78 is 0. The third-order valence-electron chi connectivity index (χ3n) is 3.58. The van der Waals surface area contributed by atoms with Crippen molar-refractivity contribution in [3.05, 3.63) is 102 Å². The molecule has 3 aromatic rings. The summed E-state index contributed by atoms with van der Waals surface area (Å²) in [6, 6.07) is 31.0. The Kier molecular flexibility index (Phi) is 5.20. The first-order valence-electron chi connectivity index (χ1n) is 7.81. The molecule has 0 bridgehead atoms. The number of aliphatic imine (C=N–C) groups is 1. The number of nitrogens with zero attached hydrogens (tertiary/aromatic N) is 2. The number of rotatable bonds is 6. The summed E-state index contributed by atoms with van der Waals surface area (Å²) in [5, 5.41) is 0. The topological polar surface area (TPSA) is 15.6 Å². The largest absolute Gasteiger partial charge is 0.354 e. The van der Waals surface area contributed by atoms with Crippen LogP contribution in [0.15, 0.2) is 96.0 Å². The highest BCUT2D eigenvalue weighted by Gasteiger charge is 2.03. The maximum atomic E-state index is 4.60. The molecule has 23 heavy (non-hydrogen) atoms. The predicted molar refractivity (Wildman–Crippen MR) is 96.7 cm³/mol. The molecule has 3 rings (SSSR count). The Labute approximate surface area is 137 Å². The van der Waals surface area contributed by atoms with Crippen LogP contribution < -0.4 is 0 Å². The van der Waals surface area contributed by atoms with Crippen LogP contribution in [0, 0.1) is 0 Å². The SMILES string of the molecule is C(=Nc1ccccc1)N(Cc1ccccc1)Cc1ccccc1. The molecule has 0 saturated heterocycles. The molecule has 114 valence electrons. The van der Waals surface area contributed by atoms with E-state index in [2.05, 4.69) is 58.4 Å². The van der Waals surface area contributed by atoms with Crippen molar-refractivity contribution in [2.45, 2.75) is 13.1 Å². The van der Waals surface area contributed by atoms with E-state index in [1.807, 2.05) is 48.8 Å². The van der Waals surface area contributed by atoms with Crippen LogP contribution in [0.3, 0.4) is 0 Å². The molecule has 0 radical (unpaired) electrons. The number of para-hydroxylation sites is 1. The van der Waals surface area contributed by atoms with Crippen LogP contribution in [0.5, 0.6) is 0 Å². The zero-order chi connectivity index (χ0) is 15.7. The fourth-order valence-corrected chi connectivity index (χ4v) is 2.44. The van der Waals surface area contributed by atoms with E-state index in [4.69, 9.17) is 0 Å². The molecular weight excluding hydrogens is 280 g/mol. The molecule has 0 aliphatic carbocycles. The van der Waals surface area contributed by atoms with Gasteiger partial charge in [0.05, 0.1) is 12.0 Å². The van der Waals surface area contributed by atoms with Crippen LogP contribution in [0.4, 0.5) is 5.69 Å². The second kappa shape index (κ2) is 7.95.